The van der Waals surface area contributed by atoms with Gasteiger partial charge in [0.2, 0.25) is 11.9 Å². The van der Waals surface area contributed by atoms with Gasteiger partial charge in [0.05, 0.1) is 0 Å². The summed E-state index contributed by atoms with van der Waals surface area (Å²) in [5, 5.41) is 10.8. The van der Waals surface area contributed by atoms with E-state index < -0.39 is 0 Å². The predicted molar refractivity (Wildman–Crippen MR) is 81.5 cm³/mol. The summed E-state index contributed by atoms with van der Waals surface area (Å²) in [6.45, 7) is 7.15. The molecular formula is C14H21N7. The van der Waals surface area contributed by atoms with Gasteiger partial charge in [-0.05, 0) is 45.6 Å². The van der Waals surface area contributed by atoms with E-state index in [4.69, 9.17) is 0 Å². The molecule has 1 aliphatic rings. The fourth-order valence-electron chi connectivity index (χ4n) is 2.34. The van der Waals surface area contributed by atoms with Crippen molar-refractivity contribution in [3.63, 3.8) is 0 Å². The molecule has 0 unspecified atom stereocenters. The summed E-state index contributed by atoms with van der Waals surface area (Å²) in [6.07, 6.45) is 6.05. The number of hydrogen-bond acceptors (Lipinski definition) is 6. The van der Waals surface area contributed by atoms with Crippen LogP contribution in [0.2, 0.25) is 0 Å². The molecule has 2 heterocycles. The van der Waals surface area contributed by atoms with E-state index in [1.807, 2.05) is 19.2 Å². The molecule has 0 bridgehead atoms. The second-order valence-electron chi connectivity index (χ2n) is 5.88. The van der Waals surface area contributed by atoms with Crippen molar-refractivity contribution in [1.29, 1.82) is 0 Å². The van der Waals surface area contributed by atoms with Crippen LogP contribution in [0.4, 0.5) is 11.9 Å². The number of anilines is 2. The van der Waals surface area contributed by atoms with E-state index in [1.165, 1.54) is 12.8 Å². The summed E-state index contributed by atoms with van der Waals surface area (Å²) in [5.41, 5.74) is -0.00771. The van der Waals surface area contributed by atoms with Crippen molar-refractivity contribution < 1.29 is 0 Å². The first-order valence-corrected chi connectivity index (χ1v) is 7.36. The van der Waals surface area contributed by atoms with Gasteiger partial charge < -0.3 is 10.6 Å². The lowest BCUT2D eigenvalue weighted by Crippen LogP contribution is -2.34. The van der Waals surface area contributed by atoms with Crippen molar-refractivity contribution in [3.05, 3.63) is 18.5 Å². The predicted octanol–water partition coefficient (Wildman–Crippen LogP) is 2.09. The highest BCUT2D eigenvalue weighted by Gasteiger charge is 2.38. The van der Waals surface area contributed by atoms with Crippen LogP contribution in [0.15, 0.2) is 18.5 Å². The zero-order valence-corrected chi connectivity index (χ0v) is 12.7. The molecule has 2 aromatic rings. The van der Waals surface area contributed by atoms with Gasteiger partial charge in [0.25, 0.3) is 5.95 Å². The highest BCUT2D eigenvalue weighted by Crippen LogP contribution is 2.40. The molecule has 0 saturated heterocycles. The summed E-state index contributed by atoms with van der Waals surface area (Å²) in [5.74, 6) is 2.35. The molecule has 0 amide bonds. The molecule has 1 aliphatic carbocycles. The molecule has 2 aromatic heterocycles. The Morgan fingerprint density at radius 1 is 1.24 bits per heavy atom. The van der Waals surface area contributed by atoms with Crippen LogP contribution in [0.3, 0.4) is 0 Å². The normalized spacial score (nSPS) is 15.0. The summed E-state index contributed by atoms with van der Waals surface area (Å²) < 4.78 is 1.64. The van der Waals surface area contributed by atoms with Crippen LogP contribution < -0.4 is 10.6 Å². The average molecular weight is 287 g/mol. The summed E-state index contributed by atoms with van der Waals surface area (Å²) in [7, 11) is 0. The number of nitrogens with one attached hydrogen (secondary N) is 2. The number of nitrogens with zero attached hydrogens (tertiary/aromatic N) is 5. The lowest BCUT2D eigenvalue weighted by atomic mass is 9.99. The van der Waals surface area contributed by atoms with E-state index in [0.29, 0.717) is 23.8 Å². The third kappa shape index (κ3) is 3.12. The Morgan fingerprint density at radius 2 is 2.00 bits per heavy atom. The van der Waals surface area contributed by atoms with E-state index in [2.05, 4.69) is 44.5 Å². The molecule has 3 rings (SSSR count). The molecule has 1 fully saturated rings. The molecule has 0 spiro atoms. The van der Waals surface area contributed by atoms with Gasteiger partial charge in [-0.25, -0.2) is 4.68 Å². The maximum absolute atomic E-state index is 4.48. The van der Waals surface area contributed by atoms with Crippen LogP contribution in [-0.2, 0) is 0 Å². The average Bonchev–Trinajstić information content (AvgIpc) is 3.15. The minimum Gasteiger partial charge on any atom is -0.354 e. The van der Waals surface area contributed by atoms with Crippen molar-refractivity contribution in [2.45, 2.75) is 39.2 Å². The monoisotopic (exact) mass is 287 g/mol. The second kappa shape index (κ2) is 5.31. The number of rotatable bonds is 6. The third-order valence-electron chi connectivity index (χ3n) is 3.70. The zero-order chi connectivity index (χ0) is 14.9. The van der Waals surface area contributed by atoms with E-state index >= 15 is 0 Å². The van der Waals surface area contributed by atoms with Gasteiger partial charge in [-0.1, -0.05) is 0 Å². The van der Waals surface area contributed by atoms with Crippen molar-refractivity contribution in [2.75, 3.05) is 17.2 Å². The molecule has 0 radical (unpaired) electrons. The van der Waals surface area contributed by atoms with Gasteiger partial charge in [0.1, 0.15) is 0 Å². The quantitative estimate of drug-likeness (QED) is 0.846. The Morgan fingerprint density at radius 3 is 2.62 bits per heavy atom. The first kappa shape index (κ1) is 13.8. The fourth-order valence-corrected chi connectivity index (χ4v) is 2.34. The Kier molecular flexibility index (Phi) is 3.48. The lowest BCUT2D eigenvalue weighted by Gasteiger charge is -2.26. The van der Waals surface area contributed by atoms with Gasteiger partial charge in [0, 0.05) is 24.5 Å². The van der Waals surface area contributed by atoms with Crippen LogP contribution in [0.5, 0.6) is 0 Å². The van der Waals surface area contributed by atoms with E-state index in [9.17, 15) is 0 Å². The van der Waals surface area contributed by atoms with Crippen LogP contribution in [0.1, 0.15) is 33.6 Å². The molecule has 1 saturated carbocycles. The molecule has 0 atom stereocenters. The Bertz CT molecular complexity index is 602. The minimum absolute atomic E-state index is 0.00771. The highest BCUT2D eigenvalue weighted by molar-refractivity contribution is 5.39. The fraction of sp³-hybridized carbons (Fsp3) is 0.571. The molecule has 0 aromatic carbocycles. The maximum Gasteiger partial charge on any atom is 0.257 e. The third-order valence-corrected chi connectivity index (χ3v) is 3.70. The first-order valence-electron chi connectivity index (χ1n) is 7.36. The van der Waals surface area contributed by atoms with Crippen molar-refractivity contribution in [1.82, 2.24) is 24.7 Å². The molecule has 2 N–H and O–H groups in total. The van der Waals surface area contributed by atoms with E-state index in [-0.39, 0.29) is 5.54 Å². The lowest BCUT2D eigenvalue weighted by molar-refractivity contribution is 0.490. The smallest absolute Gasteiger partial charge is 0.257 e. The number of hydrogen-bond donors (Lipinski definition) is 2. The summed E-state index contributed by atoms with van der Waals surface area (Å²) in [4.78, 5) is 13.3. The maximum atomic E-state index is 4.48. The van der Waals surface area contributed by atoms with E-state index in [1.54, 1.807) is 10.9 Å². The van der Waals surface area contributed by atoms with Gasteiger partial charge in [-0.15, -0.1) is 0 Å². The largest absolute Gasteiger partial charge is 0.354 e. The second-order valence-corrected chi connectivity index (χ2v) is 5.88. The Balaban J connectivity index is 1.91. The molecule has 112 valence electrons. The Labute approximate surface area is 124 Å². The van der Waals surface area contributed by atoms with Gasteiger partial charge >= 0.3 is 0 Å². The van der Waals surface area contributed by atoms with Gasteiger partial charge in [-0.3, -0.25) is 0 Å². The first-order chi connectivity index (χ1) is 10.1. The van der Waals surface area contributed by atoms with Crippen LogP contribution >= 0.6 is 0 Å². The summed E-state index contributed by atoms with van der Waals surface area (Å²) in [6, 6.07) is 1.85. The van der Waals surface area contributed by atoms with Crippen LogP contribution in [0.25, 0.3) is 5.95 Å². The van der Waals surface area contributed by atoms with E-state index in [0.717, 1.165) is 6.54 Å². The van der Waals surface area contributed by atoms with Gasteiger partial charge in [-0.2, -0.15) is 20.1 Å². The van der Waals surface area contributed by atoms with Crippen LogP contribution in [-0.4, -0.2) is 36.8 Å². The molecule has 21 heavy (non-hydrogen) atoms. The van der Waals surface area contributed by atoms with Gasteiger partial charge in [0.15, 0.2) is 0 Å². The zero-order valence-electron chi connectivity index (χ0n) is 12.7. The topological polar surface area (TPSA) is 80.5 Å². The molecule has 7 heteroatoms. The van der Waals surface area contributed by atoms with Crippen LogP contribution in [0, 0.1) is 5.92 Å². The standard InChI is InChI=1S/C14H21N7/c1-4-15-11-17-12(20-14(2,3)10-6-7-10)19-13(18-11)21-9-5-8-16-21/h5,8-10H,4,6-7H2,1-3H3,(H2,15,17,18,19,20). The number of aromatic nitrogens is 5. The minimum atomic E-state index is -0.00771. The van der Waals surface area contributed by atoms with Crippen molar-refractivity contribution >= 4 is 11.9 Å². The SMILES string of the molecule is CCNc1nc(NC(C)(C)C2CC2)nc(-n2cccn2)n1. The molecule has 0 aliphatic heterocycles. The van der Waals surface area contributed by atoms with Crippen molar-refractivity contribution in [2.24, 2.45) is 5.92 Å². The summed E-state index contributed by atoms with van der Waals surface area (Å²) >= 11 is 0. The van der Waals surface area contributed by atoms with Crippen molar-refractivity contribution in [3.8, 4) is 5.95 Å². The highest BCUT2D eigenvalue weighted by atomic mass is 15.4. The Hall–Kier alpha value is -2.18. The molecular weight excluding hydrogens is 266 g/mol. The molecule has 7 nitrogen and oxygen atoms in total.